The second-order valence-electron chi connectivity index (χ2n) is 3.13. The summed E-state index contributed by atoms with van der Waals surface area (Å²) < 4.78 is 18.1. The van der Waals surface area contributed by atoms with Crippen molar-refractivity contribution in [2.24, 2.45) is 0 Å². The van der Waals surface area contributed by atoms with Crippen LogP contribution in [0.2, 0.25) is 0 Å². The van der Waals surface area contributed by atoms with Crippen LogP contribution in [0.4, 0.5) is 4.39 Å². The fourth-order valence-electron chi connectivity index (χ4n) is 0.926. The molecular formula is C10H13FOS. The third-order valence-corrected chi connectivity index (χ3v) is 2.05. The van der Waals surface area contributed by atoms with Gasteiger partial charge in [0.25, 0.3) is 0 Å². The average molecular weight is 200 g/mol. The first-order chi connectivity index (χ1) is 6.09. The molecular weight excluding hydrogens is 187 g/mol. The Morgan fingerprint density at radius 2 is 2.15 bits per heavy atom. The van der Waals surface area contributed by atoms with E-state index in [0.29, 0.717) is 6.61 Å². The molecule has 1 aromatic rings. The molecule has 0 aliphatic rings. The molecule has 0 unspecified atom stereocenters. The largest absolute Gasteiger partial charge is 0.374 e. The topological polar surface area (TPSA) is 9.23 Å². The molecule has 1 nitrogen and oxygen atoms in total. The van der Waals surface area contributed by atoms with Gasteiger partial charge in [-0.3, -0.25) is 0 Å². The van der Waals surface area contributed by atoms with Gasteiger partial charge in [0.05, 0.1) is 12.7 Å². The van der Waals surface area contributed by atoms with Gasteiger partial charge in [0.1, 0.15) is 5.82 Å². The van der Waals surface area contributed by atoms with Crippen LogP contribution in [0.3, 0.4) is 0 Å². The number of hydrogen-bond acceptors (Lipinski definition) is 2. The van der Waals surface area contributed by atoms with Gasteiger partial charge < -0.3 is 4.74 Å². The molecule has 0 aromatic heterocycles. The van der Waals surface area contributed by atoms with Gasteiger partial charge in [-0.15, -0.1) is 12.6 Å². The molecule has 0 aliphatic heterocycles. The summed E-state index contributed by atoms with van der Waals surface area (Å²) in [4.78, 5) is 0.766. The monoisotopic (exact) mass is 200 g/mol. The lowest BCUT2D eigenvalue weighted by atomic mass is 10.2. The predicted octanol–water partition coefficient (Wildman–Crippen LogP) is 3.04. The summed E-state index contributed by atoms with van der Waals surface area (Å²) in [6, 6.07) is 4.48. The number of hydrogen-bond donors (Lipinski definition) is 1. The van der Waals surface area contributed by atoms with Crippen LogP contribution < -0.4 is 0 Å². The van der Waals surface area contributed by atoms with Crippen LogP contribution in [0.15, 0.2) is 23.1 Å². The molecule has 0 spiro atoms. The molecule has 13 heavy (non-hydrogen) atoms. The van der Waals surface area contributed by atoms with E-state index < -0.39 is 0 Å². The van der Waals surface area contributed by atoms with E-state index in [2.05, 4.69) is 12.6 Å². The van der Waals surface area contributed by atoms with Crippen molar-refractivity contribution in [1.82, 2.24) is 0 Å². The molecule has 1 rings (SSSR count). The Kier molecular flexibility index (Phi) is 3.75. The fourth-order valence-corrected chi connectivity index (χ4v) is 1.13. The lowest BCUT2D eigenvalue weighted by Crippen LogP contribution is -2.03. The predicted molar refractivity (Wildman–Crippen MR) is 53.6 cm³/mol. The first-order valence-electron chi connectivity index (χ1n) is 4.18. The Morgan fingerprint density at radius 3 is 2.77 bits per heavy atom. The molecule has 0 fully saturated rings. The van der Waals surface area contributed by atoms with Crippen molar-refractivity contribution in [3.05, 3.63) is 29.6 Å². The highest BCUT2D eigenvalue weighted by Crippen LogP contribution is 2.16. The smallest absolute Gasteiger partial charge is 0.123 e. The maximum atomic E-state index is 12.8. The van der Waals surface area contributed by atoms with E-state index in [9.17, 15) is 4.39 Å². The van der Waals surface area contributed by atoms with Crippen LogP contribution in [-0.2, 0) is 11.3 Å². The first kappa shape index (κ1) is 10.5. The van der Waals surface area contributed by atoms with Gasteiger partial charge in [0, 0.05) is 4.90 Å². The zero-order chi connectivity index (χ0) is 9.84. The van der Waals surface area contributed by atoms with Gasteiger partial charge in [-0.1, -0.05) is 0 Å². The van der Waals surface area contributed by atoms with Gasteiger partial charge in [0.2, 0.25) is 0 Å². The van der Waals surface area contributed by atoms with E-state index >= 15 is 0 Å². The molecule has 0 radical (unpaired) electrons. The molecule has 0 atom stereocenters. The van der Waals surface area contributed by atoms with Crippen molar-refractivity contribution in [3.8, 4) is 0 Å². The quantitative estimate of drug-likeness (QED) is 0.738. The second kappa shape index (κ2) is 4.63. The van der Waals surface area contributed by atoms with E-state index in [0.717, 1.165) is 10.5 Å². The van der Waals surface area contributed by atoms with E-state index in [4.69, 9.17) is 4.74 Å². The fraction of sp³-hybridized carbons (Fsp3) is 0.400. The minimum Gasteiger partial charge on any atom is -0.374 e. The summed E-state index contributed by atoms with van der Waals surface area (Å²) in [6.07, 6.45) is 0.149. The van der Waals surface area contributed by atoms with Crippen molar-refractivity contribution >= 4 is 12.6 Å². The van der Waals surface area contributed by atoms with Crippen molar-refractivity contribution < 1.29 is 9.13 Å². The number of ether oxygens (including phenoxy) is 1. The standard InChI is InChI=1S/C10H13FOS/c1-7(2)12-6-8-5-9(11)3-4-10(8)13/h3-5,7,13H,6H2,1-2H3. The van der Waals surface area contributed by atoms with E-state index in [1.54, 1.807) is 6.07 Å². The van der Waals surface area contributed by atoms with Gasteiger partial charge in [-0.05, 0) is 37.6 Å². The zero-order valence-electron chi connectivity index (χ0n) is 7.75. The highest BCUT2D eigenvalue weighted by molar-refractivity contribution is 7.80. The number of halogens is 1. The summed E-state index contributed by atoms with van der Waals surface area (Å²) in [5.41, 5.74) is 0.789. The SMILES string of the molecule is CC(C)OCc1cc(F)ccc1S. The molecule has 0 N–H and O–H groups in total. The van der Waals surface area contributed by atoms with Gasteiger partial charge in [0.15, 0.2) is 0 Å². The molecule has 0 amide bonds. The average Bonchev–Trinajstić information content (AvgIpc) is 2.06. The van der Waals surface area contributed by atoms with Crippen LogP contribution in [-0.4, -0.2) is 6.10 Å². The van der Waals surface area contributed by atoms with Crippen LogP contribution in [0.5, 0.6) is 0 Å². The third kappa shape index (κ3) is 3.36. The van der Waals surface area contributed by atoms with E-state index in [1.165, 1.54) is 12.1 Å². The highest BCUT2D eigenvalue weighted by Gasteiger charge is 2.02. The Hall–Kier alpha value is -0.540. The summed E-state index contributed by atoms with van der Waals surface area (Å²) in [5.74, 6) is -0.250. The summed E-state index contributed by atoms with van der Waals surface area (Å²) in [7, 11) is 0. The van der Waals surface area contributed by atoms with Crippen molar-refractivity contribution in [1.29, 1.82) is 0 Å². The van der Waals surface area contributed by atoms with E-state index in [1.807, 2.05) is 13.8 Å². The molecule has 3 heteroatoms. The van der Waals surface area contributed by atoms with Crippen LogP contribution in [0, 0.1) is 5.82 Å². The summed E-state index contributed by atoms with van der Waals surface area (Å²) in [6.45, 7) is 4.29. The minimum atomic E-state index is -0.250. The normalized spacial score (nSPS) is 10.8. The van der Waals surface area contributed by atoms with Crippen LogP contribution >= 0.6 is 12.6 Å². The molecule has 0 heterocycles. The van der Waals surface area contributed by atoms with Gasteiger partial charge in [-0.2, -0.15) is 0 Å². The third-order valence-electron chi connectivity index (χ3n) is 1.61. The Bertz CT molecular complexity index is 286. The first-order valence-corrected chi connectivity index (χ1v) is 4.63. The second-order valence-corrected chi connectivity index (χ2v) is 3.61. The summed E-state index contributed by atoms with van der Waals surface area (Å²) in [5, 5.41) is 0. The van der Waals surface area contributed by atoms with Gasteiger partial charge >= 0.3 is 0 Å². The molecule has 0 saturated carbocycles. The Morgan fingerprint density at radius 1 is 1.46 bits per heavy atom. The maximum Gasteiger partial charge on any atom is 0.123 e. The number of thiol groups is 1. The highest BCUT2D eigenvalue weighted by atomic mass is 32.1. The number of benzene rings is 1. The van der Waals surface area contributed by atoms with Crippen molar-refractivity contribution in [2.75, 3.05) is 0 Å². The molecule has 0 saturated heterocycles. The van der Waals surface area contributed by atoms with Crippen molar-refractivity contribution in [2.45, 2.75) is 31.5 Å². The van der Waals surface area contributed by atoms with Crippen LogP contribution in [0.1, 0.15) is 19.4 Å². The van der Waals surface area contributed by atoms with Crippen LogP contribution in [0.25, 0.3) is 0 Å². The molecule has 0 aliphatic carbocycles. The Balaban J connectivity index is 2.70. The van der Waals surface area contributed by atoms with E-state index in [-0.39, 0.29) is 11.9 Å². The Labute approximate surface area is 83.3 Å². The minimum absolute atomic E-state index is 0.149. The summed E-state index contributed by atoms with van der Waals surface area (Å²) >= 11 is 4.20. The van der Waals surface area contributed by atoms with Crippen molar-refractivity contribution in [3.63, 3.8) is 0 Å². The zero-order valence-corrected chi connectivity index (χ0v) is 8.64. The lowest BCUT2D eigenvalue weighted by Gasteiger charge is -2.09. The maximum absolute atomic E-state index is 12.8. The lowest BCUT2D eigenvalue weighted by molar-refractivity contribution is 0.0643. The number of rotatable bonds is 3. The van der Waals surface area contributed by atoms with Gasteiger partial charge in [-0.25, -0.2) is 4.39 Å². The molecule has 72 valence electrons. The molecule has 0 bridgehead atoms. The molecule has 1 aromatic carbocycles.